The molecule has 2 rings (SSSR count). The molecule has 2 unspecified atom stereocenters. The molecule has 0 amide bonds. The van der Waals surface area contributed by atoms with Crippen LogP contribution in [0.25, 0.3) is 0 Å². The smallest absolute Gasteiger partial charge is 0.387 e. The summed E-state index contributed by atoms with van der Waals surface area (Å²) in [7, 11) is 0. The van der Waals surface area contributed by atoms with Crippen molar-refractivity contribution in [1.82, 2.24) is 5.32 Å². The Morgan fingerprint density at radius 1 is 1.40 bits per heavy atom. The molecule has 112 valence electrons. The molecule has 0 saturated carbocycles. The van der Waals surface area contributed by atoms with Gasteiger partial charge in [0.05, 0.1) is 25.9 Å². The molecule has 2 atom stereocenters. The summed E-state index contributed by atoms with van der Waals surface area (Å²) in [4.78, 5) is 0. The summed E-state index contributed by atoms with van der Waals surface area (Å²) in [5, 5.41) is 3.30. The molecule has 1 aromatic carbocycles. The van der Waals surface area contributed by atoms with Crippen LogP contribution in [-0.2, 0) is 9.47 Å². The van der Waals surface area contributed by atoms with Gasteiger partial charge in [0.1, 0.15) is 5.75 Å². The van der Waals surface area contributed by atoms with Crippen molar-refractivity contribution >= 4 is 0 Å². The zero-order valence-electron chi connectivity index (χ0n) is 11.4. The maximum Gasteiger partial charge on any atom is 0.387 e. The van der Waals surface area contributed by atoms with Crippen LogP contribution in [-0.4, -0.2) is 39.1 Å². The second-order valence-corrected chi connectivity index (χ2v) is 4.65. The third-order valence-electron chi connectivity index (χ3n) is 3.12. The molecule has 20 heavy (non-hydrogen) atoms. The summed E-state index contributed by atoms with van der Waals surface area (Å²) in [5.74, 6) is 0.170. The third kappa shape index (κ3) is 4.70. The standard InChI is InChI=1S/C14H19F2NO3/c1-10(17-8-13-9-18-5-6-19-13)11-3-2-4-12(7-11)20-14(15)16/h2-4,7,10,13-14,17H,5-6,8-9H2,1H3. The minimum Gasteiger partial charge on any atom is -0.435 e. The summed E-state index contributed by atoms with van der Waals surface area (Å²) in [5.41, 5.74) is 0.889. The molecule has 4 nitrogen and oxygen atoms in total. The van der Waals surface area contributed by atoms with E-state index in [9.17, 15) is 8.78 Å². The molecule has 1 fully saturated rings. The molecular weight excluding hydrogens is 268 g/mol. The number of halogens is 2. The lowest BCUT2D eigenvalue weighted by Crippen LogP contribution is -2.38. The lowest BCUT2D eigenvalue weighted by atomic mass is 10.1. The van der Waals surface area contributed by atoms with E-state index in [2.05, 4.69) is 10.1 Å². The SMILES string of the molecule is CC(NCC1COCCO1)c1cccc(OC(F)F)c1. The molecule has 1 heterocycles. The molecular formula is C14H19F2NO3. The van der Waals surface area contributed by atoms with Crippen LogP contribution in [0.15, 0.2) is 24.3 Å². The Labute approximate surface area is 117 Å². The van der Waals surface area contributed by atoms with Crippen LogP contribution in [0.1, 0.15) is 18.5 Å². The molecule has 0 radical (unpaired) electrons. The van der Waals surface area contributed by atoms with Crippen LogP contribution < -0.4 is 10.1 Å². The number of hydrogen-bond donors (Lipinski definition) is 1. The Kier molecular flexibility index (Phi) is 5.70. The van der Waals surface area contributed by atoms with Crippen LogP contribution in [0, 0.1) is 0 Å². The van der Waals surface area contributed by atoms with Crippen molar-refractivity contribution < 1.29 is 23.0 Å². The highest BCUT2D eigenvalue weighted by atomic mass is 19.3. The lowest BCUT2D eigenvalue weighted by Gasteiger charge is -2.25. The average molecular weight is 287 g/mol. The van der Waals surface area contributed by atoms with Crippen LogP contribution >= 0.6 is 0 Å². The van der Waals surface area contributed by atoms with Crippen molar-refractivity contribution in [3.8, 4) is 5.75 Å². The Hall–Kier alpha value is -1.24. The third-order valence-corrected chi connectivity index (χ3v) is 3.12. The van der Waals surface area contributed by atoms with Crippen molar-refractivity contribution in [1.29, 1.82) is 0 Å². The largest absolute Gasteiger partial charge is 0.435 e. The van der Waals surface area contributed by atoms with E-state index in [0.717, 1.165) is 5.56 Å². The summed E-state index contributed by atoms with van der Waals surface area (Å²) in [6, 6.07) is 6.71. The molecule has 1 saturated heterocycles. The van der Waals surface area contributed by atoms with Gasteiger partial charge in [0.15, 0.2) is 0 Å². The van der Waals surface area contributed by atoms with Gasteiger partial charge in [0, 0.05) is 12.6 Å². The van der Waals surface area contributed by atoms with Crippen LogP contribution in [0.3, 0.4) is 0 Å². The van der Waals surface area contributed by atoms with E-state index in [1.165, 1.54) is 6.07 Å². The predicted octanol–water partition coefficient (Wildman–Crippen LogP) is 2.35. The summed E-state index contributed by atoms with van der Waals surface area (Å²) in [6.07, 6.45) is 0.0340. The van der Waals surface area contributed by atoms with Gasteiger partial charge in [0.2, 0.25) is 0 Å². The number of rotatable bonds is 6. The van der Waals surface area contributed by atoms with Crippen molar-refractivity contribution in [2.75, 3.05) is 26.4 Å². The van der Waals surface area contributed by atoms with Gasteiger partial charge in [-0.15, -0.1) is 0 Å². The average Bonchev–Trinajstić information content (AvgIpc) is 2.45. The van der Waals surface area contributed by atoms with E-state index in [1.54, 1.807) is 12.1 Å². The molecule has 1 aliphatic rings. The second kappa shape index (κ2) is 7.52. The highest BCUT2D eigenvalue weighted by molar-refractivity contribution is 5.30. The molecule has 1 aliphatic heterocycles. The topological polar surface area (TPSA) is 39.7 Å². The Balaban J connectivity index is 1.86. The molecule has 0 bridgehead atoms. The first-order chi connectivity index (χ1) is 9.65. The minimum absolute atomic E-state index is 0.0155. The zero-order valence-corrected chi connectivity index (χ0v) is 11.4. The fraction of sp³-hybridized carbons (Fsp3) is 0.571. The van der Waals surface area contributed by atoms with Crippen molar-refractivity contribution in [2.24, 2.45) is 0 Å². The normalized spacial score (nSPS) is 20.9. The number of ether oxygens (including phenoxy) is 3. The Morgan fingerprint density at radius 2 is 2.25 bits per heavy atom. The molecule has 0 spiro atoms. The molecule has 1 aromatic rings. The second-order valence-electron chi connectivity index (χ2n) is 4.65. The van der Waals surface area contributed by atoms with Crippen molar-refractivity contribution in [3.63, 3.8) is 0 Å². The first kappa shape index (κ1) is 15.2. The van der Waals surface area contributed by atoms with Crippen LogP contribution in [0.4, 0.5) is 8.78 Å². The highest BCUT2D eigenvalue weighted by Crippen LogP contribution is 2.20. The monoisotopic (exact) mass is 287 g/mol. The predicted molar refractivity (Wildman–Crippen MR) is 70.1 cm³/mol. The summed E-state index contributed by atoms with van der Waals surface area (Å²) >= 11 is 0. The number of nitrogens with one attached hydrogen (secondary N) is 1. The first-order valence-electron chi connectivity index (χ1n) is 6.62. The maximum atomic E-state index is 12.2. The van der Waals surface area contributed by atoms with Gasteiger partial charge in [-0.05, 0) is 24.6 Å². The quantitative estimate of drug-likeness (QED) is 0.872. The van der Waals surface area contributed by atoms with E-state index < -0.39 is 6.61 Å². The van der Waals surface area contributed by atoms with E-state index in [4.69, 9.17) is 9.47 Å². The van der Waals surface area contributed by atoms with Gasteiger partial charge in [-0.25, -0.2) is 0 Å². The number of alkyl halides is 2. The van der Waals surface area contributed by atoms with Crippen LogP contribution in [0.5, 0.6) is 5.75 Å². The number of benzene rings is 1. The van der Waals surface area contributed by atoms with Crippen molar-refractivity contribution in [3.05, 3.63) is 29.8 Å². The van der Waals surface area contributed by atoms with Gasteiger partial charge in [-0.3, -0.25) is 0 Å². The first-order valence-corrected chi connectivity index (χ1v) is 6.62. The maximum absolute atomic E-state index is 12.2. The van der Waals surface area contributed by atoms with E-state index in [1.807, 2.05) is 13.0 Å². The summed E-state index contributed by atoms with van der Waals surface area (Å²) in [6.45, 7) is 1.64. The molecule has 1 N–H and O–H groups in total. The van der Waals surface area contributed by atoms with Crippen molar-refractivity contribution in [2.45, 2.75) is 25.7 Å². The van der Waals surface area contributed by atoms with Gasteiger partial charge in [-0.1, -0.05) is 12.1 Å². The van der Waals surface area contributed by atoms with Gasteiger partial charge in [0.25, 0.3) is 0 Å². The van der Waals surface area contributed by atoms with Gasteiger partial charge >= 0.3 is 6.61 Å². The Morgan fingerprint density at radius 3 is 2.95 bits per heavy atom. The lowest BCUT2D eigenvalue weighted by molar-refractivity contribution is -0.0869. The van der Waals surface area contributed by atoms with E-state index >= 15 is 0 Å². The van der Waals surface area contributed by atoms with Crippen LogP contribution in [0.2, 0.25) is 0 Å². The fourth-order valence-corrected chi connectivity index (χ4v) is 2.04. The van der Waals surface area contributed by atoms with Gasteiger partial charge in [-0.2, -0.15) is 8.78 Å². The van der Waals surface area contributed by atoms with E-state index in [0.29, 0.717) is 26.4 Å². The van der Waals surface area contributed by atoms with E-state index in [-0.39, 0.29) is 17.9 Å². The minimum atomic E-state index is -2.80. The highest BCUT2D eigenvalue weighted by Gasteiger charge is 2.16. The molecule has 0 aliphatic carbocycles. The molecule has 6 heteroatoms. The molecule has 0 aromatic heterocycles. The van der Waals surface area contributed by atoms with Gasteiger partial charge < -0.3 is 19.5 Å². The number of hydrogen-bond acceptors (Lipinski definition) is 4. The fourth-order valence-electron chi connectivity index (χ4n) is 2.04. The zero-order chi connectivity index (χ0) is 14.4. The summed E-state index contributed by atoms with van der Waals surface area (Å²) < 4.78 is 39.6. The Bertz CT molecular complexity index is 411.